The topological polar surface area (TPSA) is 41.5 Å². The number of aliphatic hydroxyl groups excluding tert-OH is 1. The van der Waals surface area contributed by atoms with Crippen molar-refractivity contribution in [1.82, 2.24) is 5.32 Å². The minimum atomic E-state index is -0.482. The fraction of sp³-hybridized carbons (Fsp3) is 0.647. The van der Waals surface area contributed by atoms with Crippen LogP contribution < -0.4 is 10.1 Å². The van der Waals surface area contributed by atoms with Gasteiger partial charge in [-0.3, -0.25) is 0 Å². The van der Waals surface area contributed by atoms with E-state index in [2.05, 4.69) is 12.2 Å². The van der Waals surface area contributed by atoms with Crippen molar-refractivity contribution in [2.24, 2.45) is 0 Å². The molecule has 2 atom stereocenters. The zero-order valence-electron chi connectivity index (χ0n) is 13.2. The molecule has 0 saturated carbocycles. The van der Waals surface area contributed by atoms with Crippen molar-refractivity contribution in [2.45, 2.75) is 65.2 Å². The Balaban J connectivity index is 2.47. The van der Waals surface area contributed by atoms with E-state index in [4.69, 9.17) is 4.74 Å². The molecule has 114 valence electrons. The number of hydrogen-bond acceptors (Lipinski definition) is 3. The molecule has 0 aliphatic carbocycles. The van der Waals surface area contributed by atoms with Crippen LogP contribution in [0.3, 0.4) is 0 Å². The summed E-state index contributed by atoms with van der Waals surface area (Å²) in [6, 6.07) is 7.77. The second-order valence-electron chi connectivity index (χ2n) is 5.63. The summed E-state index contributed by atoms with van der Waals surface area (Å²) in [6.45, 7) is 9.19. The van der Waals surface area contributed by atoms with E-state index in [1.807, 2.05) is 45.0 Å². The first-order valence-corrected chi connectivity index (χ1v) is 7.72. The predicted octanol–water partition coefficient (Wildman–Crippen LogP) is 3.68. The van der Waals surface area contributed by atoms with Gasteiger partial charge in [-0.15, -0.1) is 0 Å². The summed E-state index contributed by atoms with van der Waals surface area (Å²) in [7, 11) is 0. The van der Waals surface area contributed by atoms with Gasteiger partial charge in [0.2, 0.25) is 0 Å². The summed E-state index contributed by atoms with van der Waals surface area (Å²) in [4.78, 5) is 0. The lowest BCUT2D eigenvalue weighted by Crippen LogP contribution is -2.32. The standard InChI is InChI=1S/C17H29NO2/c1-5-6-7-12-18-14(4)17(19)15-8-10-16(11-9-15)20-13(2)3/h8-11,13-14,17-19H,5-7,12H2,1-4H3. The molecule has 1 rings (SSSR count). The first-order valence-electron chi connectivity index (χ1n) is 7.72. The second-order valence-corrected chi connectivity index (χ2v) is 5.63. The Morgan fingerprint density at radius 3 is 2.30 bits per heavy atom. The number of rotatable bonds is 9. The maximum absolute atomic E-state index is 10.3. The van der Waals surface area contributed by atoms with Gasteiger partial charge in [-0.25, -0.2) is 0 Å². The molecule has 0 spiro atoms. The molecule has 3 heteroatoms. The van der Waals surface area contributed by atoms with Gasteiger partial charge in [-0.2, -0.15) is 0 Å². The molecule has 0 aliphatic rings. The Labute approximate surface area is 123 Å². The zero-order valence-corrected chi connectivity index (χ0v) is 13.2. The minimum Gasteiger partial charge on any atom is -0.491 e. The highest BCUT2D eigenvalue weighted by atomic mass is 16.5. The van der Waals surface area contributed by atoms with Gasteiger partial charge >= 0.3 is 0 Å². The SMILES string of the molecule is CCCCCNC(C)C(O)c1ccc(OC(C)C)cc1. The van der Waals surface area contributed by atoms with Gasteiger partial charge in [-0.1, -0.05) is 31.9 Å². The third kappa shape index (κ3) is 5.93. The molecule has 2 N–H and O–H groups in total. The van der Waals surface area contributed by atoms with Crippen molar-refractivity contribution in [1.29, 1.82) is 0 Å². The number of ether oxygens (including phenoxy) is 1. The van der Waals surface area contributed by atoms with Gasteiger partial charge in [0.25, 0.3) is 0 Å². The van der Waals surface area contributed by atoms with Crippen molar-refractivity contribution in [2.75, 3.05) is 6.54 Å². The smallest absolute Gasteiger partial charge is 0.119 e. The average molecular weight is 279 g/mol. The third-order valence-electron chi connectivity index (χ3n) is 3.31. The maximum Gasteiger partial charge on any atom is 0.119 e. The summed E-state index contributed by atoms with van der Waals surface area (Å²) in [5.74, 6) is 0.847. The molecule has 0 aromatic heterocycles. The van der Waals surface area contributed by atoms with E-state index in [1.54, 1.807) is 0 Å². The van der Waals surface area contributed by atoms with Crippen molar-refractivity contribution in [3.8, 4) is 5.75 Å². The Hall–Kier alpha value is -1.06. The summed E-state index contributed by atoms with van der Waals surface area (Å²) in [5.41, 5.74) is 0.927. The maximum atomic E-state index is 10.3. The van der Waals surface area contributed by atoms with Gasteiger partial charge in [-0.05, 0) is 51.4 Å². The van der Waals surface area contributed by atoms with E-state index >= 15 is 0 Å². The van der Waals surface area contributed by atoms with E-state index in [-0.39, 0.29) is 12.1 Å². The highest BCUT2D eigenvalue weighted by Crippen LogP contribution is 2.21. The summed E-state index contributed by atoms with van der Waals surface area (Å²) in [5, 5.41) is 13.7. The summed E-state index contributed by atoms with van der Waals surface area (Å²) in [6.07, 6.45) is 3.30. The third-order valence-corrected chi connectivity index (χ3v) is 3.31. The molecule has 3 nitrogen and oxygen atoms in total. The van der Waals surface area contributed by atoms with Crippen molar-refractivity contribution in [3.63, 3.8) is 0 Å². The van der Waals surface area contributed by atoms with Crippen molar-refractivity contribution in [3.05, 3.63) is 29.8 Å². The lowest BCUT2D eigenvalue weighted by Gasteiger charge is -2.21. The first-order chi connectivity index (χ1) is 9.54. The monoisotopic (exact) mass is 279 g/mol. The number of hydrogen-bond donors (Lipinski definition) is 2. The van der Waals surface area contributed by atoms with E-state index in [0.717, 1.165) is 24.3 Å². The average Bonchev–Trinajstić information content (AvgIpc) is 2.43. The Morgan fingerprint density at radius 2 is 1.75 bits per heavy atom. The van der Waals surface area contributed by atoms with Crippen LogP contribution in [0.4, 0.5) is 0 Å². The Kier molecular flexibility index (Phi) is 7.63. The summed E-state index contributed by atoms with van der Waals surface area (Å²) < 4.78 is 5.60. The fourth-order valence-corrected chi connectivity index (χ4v) is 2.12. The molecule has 0 radical (unpaired) electrons. The molecule has 20 heavy (non-hydrogen) atoms. The molecular formula is C17H29NO2. The molecule has 0 bridgehead atoms. The van der Waals surface area contributed by atoms with Crippen molar-refractivity contribution >= 4 is 0 Å². The van der Waals surface area contributed by atoms with Crippen LogP contribution in [0.1, 0.15) is 58.6 Å². The normalized spacial score (nSPS) is 14.3. The van der Waals surface area contributed by atoms with Gasteiger partial charge in [0.1, 0.15) is 5.75 Å². The zero-order chi connectivity index (χ0) is 15.0. The van der Waals surface area contributed by atoms with Crippen LogP contribution >= 0.6 is 0 Å². The van der Waals surface area contributed by atoms with Gasteiger partial charge in [0.15, 0.2) is 0 Å². The van der Waals surface area contributed by atoms with Gasteiger partial charge in [0.05, 0.1) is 12.2 Å². The number of benzene rings is 1. The largest absolute Gasteiger partial charge is 0.491 e. The molecule has 1 aromatic rings. The molecule has 0 amide bonds. The lowest BCUT2D eigenvalue weighted by molar-refractivity contribution is 0.136. The van der Waals surface area contributed by atoms with Gasteiger partial charge in [0, 0.05) is 6.04 Å². The van der Waals surface area contributed by atoms with E-state index in [9.17, 15) is 5.11 Å². The van der Waals surface area contributed by atoms with Crippen LogP contribution in [0.25, 0.3) is 0 Å². The van der Waals surface area contributed by atoms with E-state index < -0.39 is 6.10 Å². The van der Waals surface area contributed by atoms with Crippen LogP contribution in [0, 0.1) is 0 Å². The predicted molar refractivity (Wildman–Crippen MR) is 84.2 cm³/mol. The van der Waals surface area contributed by atoms with Crippen LogP contribution in [-0.2, 0) is 0 Å². The number of aliphatic hydroxyl groups is 1. The lowest BCUT2D eigenvalue weighted by atomic mass is 10.0. The fourth-order valence-electron chi connectivity index (χ4n) is 2.12. The Bertz CT molecular complexity index is 362. The van der Waals surface area contributed by atoms with Crippen LogP contribution in [0.5, 0.6) is 5.75 Å². The second kappa shape index (κ2) is 8.98. The van der Waals surface area contributed by atoms with E-state index in [0.29, 0.717) is 0 Å². The van der Waals surface area contributed by atoms with Gasteiger partial charge < -0.3 is 15.2 Å². The Morgan fingerprint density at radius 1 is 1.10 bits per heavy atom. The van der Waals surface area contributed by atoms with Crippen molar-refractivity contribution < 1.29 is 9.84 Å². The highest BCUT2D eigenvalue weighted by molar-refractivity contribution is 5.29. The molecule has 0 fully saturated rings. The molecule has 0 heterocycles. The van der Waals surface area contributed by atoms with Crippen LogP contribution in [-0.4, -0.2) is 23.8 Å². The summed E-state index contributed by atoms with van der Waals surface area (Å²) >= 11 is 0. The minimum absolute atomic E-state index is 0.0590. The molecule has 0 saturated heterocycles. The number of nitrogens with one attached hydrogen (secondary N) is 1. The molecule has 1 aromatic carbocycles. The quantitative estimate of drug-likeness (QED) is 0.678. The molecular weight excluding hydrogens is 250 g/mol. The highest BCUT2D eigenvalue weighted by Gasteiger charge is 2.15. The van der Waals surface area contributed by atoms with Crippen LogP contribution in [0.2, 0.25) is 0 Å². The van der Waals surface area contributed by atoms with Crippen LogP contribution in [0.15, 0.2) is 24.3 Å². The molecule has 0 aliphatic heterocycles. The molecule has 2 unspecified atom stereocenters. The first kappa shape index (κ1) is 17.0. The van der Waals surface area contributed by atoms with E-state index in [1.165, 1.54) is 12.8 Å². The number of unbranched alkanes of at least 4 members (excludes halogenated alkanes) is 2.